The minimum atomic E-state index is -0.356. The predicted molar refractivity (Wildman–Crippen MR) is 100 cm³/mol. The first kappa shape index (κ1) is 22.0. The Morgan fingerprint density at radius 2 is 1.50 bits per heavy atom. The van der Waals surface area contributed by atoms with Gasteiger partial charge in [0.2, 0.25) is 5.70 Å². The molecule has 0 unspecified atom stereocenters. The van der Waals surface area contributed by atoms with Gasteiger partial charge in [0.1, 0.15) is 6.29 Å². The highest BCUT2D eigenvalue weighted by molar-refractivity contribution is 5.49. The van der Waals surface area contributed by atoms with Gasteiger partial charge >= 0.3 is 0 Å². The van der Waals surface area contributed by atoms with Crippen LogP contribution < -0.4 is 0 Å². The van der Waals surface area contributed by atoms with E-state index in [2.05, 4.69) is 31.2 Å². The predicted octanol–water partition coefficient (Wildman–Crippen LogP) is 5.94. The fourth-order valence-electron chi connectivity index (χ4n) is 2.11. The Morgan fingerprint density at radius 3 is 2.08 bits per heavy atom. The second-order valence-electron chi connectivity index (χ2n) is 5.63. The van der Waals surface area contributed by atoms with Crippen LogP contribution in [0, 0.1) is 10.1 Å². The van der Waals surface area contributed by atoms with E-state index in [1.54, 1.807) is 6.08 Å². The van der Waals surface area contributed by atoms with Crippen molar-refractivity contribution in [2.45, 2.75) is 71.1 Å². The number of nitro groups is 1. The molecule has 0 saturated carbocycles. The molecular weight excluding hydrogens is 302 g/mol. The van der Waals surface area contributed by atoms with Crippen LogP contribution >= 0.6 is 0 Å². The largest absolute Gasteiger partial charge is 0.303 e. The monoisotopic (exact) mass is 333 g/mol. The Balaban J connectivity index is 3.85. The van der Waals surface area contributed by atoms with Gasteiger partial charge in [0.25, 0.3) is 0 Å². The summed E-state index contributed by atoms with van der Waals surface area (Å²) in [4.78, 5) is 20.7. The maximum absolute atomic E-state index is 10.9. The molecule has 0 bridgehead atoms. The highest BCUT2D eigenvalue weighted by Crippen LogP contribution is 2.09. The van der Waals surface area contributed by atoms with E-state index in [0.717, 1.165) is 19.1 Å². The van der Waals surface area contributed by atoms with Crippen molar-refractivity contribution in [1.82, 2.24) is 0 Å². The number of hydrogen-bond acceptors (Lipinski definition) is 3. The van der Waals surface area contributed by atoms with Crippen molar-refractivity contribution in [2.75, 3.05) is 0 Å². The first-order valence-electron chi connectivity index (χ1n) is 8.94. The van der Waals surface area contributed by atoms with Crippen molar-refractivity contribution in [2.24, 2.45) is 0 Å². The van der Waals surface area contributed by atoms with Crippen LogP contribution in [0.25, 0.3) is 0 Å². The van der Waals surface area contributed by atoms with Crippen LogP contribution in [0.2, 0.25) is 0 Å². The van der Waals surface area contributed by atoms with E-state index >= 15 is 0 Å². The molecule has 0 spiro atoms. The normalized spacial score (nSPS) is 12.6. The molecule has 0 rings (SSSR count). The lowest BCUT2D eigenvalue weighted by molar-refractivity contribution is -0.428. The number of unbranched alkanes of at least 4 members (excludes halogenated alkanes) is 4. The molecule has 0 aromatic carbocycles. The lowest BCUT2D eigenvalue weighted by Gasteiger charge is -1.95. The summed E-state index contributed by atoms with van der Waals surface area (Å²) in [6, 6.07) is 0. The molecule has 0 amide bonds. The zero-order valence-electron chi connectivity index (χ0n) is 14.9. The van der Waals surface area contributed by atoms with Crippen LogP contribution in [0.4, 0.5) is 0 Å². The zero-order valence-corrected chi connectivity index (χ0v) is 14.9. The third-order valence-electron chi connectivity index (χ3n) is 3.50. The van der Waals surface area contributed by atoms with E-state index in [1.165, 1.54) is 25.7 Å². The SMILES string of the molecule is CCCCC/C=C\C/C=C\C/C=C\C/C=C(\CCCC=O)[N+](=O)[O-]. The molecule has 0 aliphatic carbocycles. The molecule has 0 aromatic heterocycles. The van der Waals surface area contributed by atoms with Gasteiger partial charge in [-0.3, -0.25) is 10.1 Å². The molecule has 0 saturated heterocycles. The molecule has 0 aromatic rings. The van der Waals surface area contributed by atoms with E-state index in [1.807, 2.05) is 12.2 Å². The number of rotatable bonds is 15. The van der Waals surface area contributed by atoms with Crippen LogP contribution in [0.3, 0.4) is 0 Å². The van der Waals surface area contributed by atoms with Gasteiger partial charge in [-0.1, -0.05) is 56.2 Å². The number of nitrogens with zero attached hydrogens (tertiary/aromatic N) is 1. The number of aldehydes is 1. The van der Waals surface area contributed by atoms with Crippen LogP contribution in [0.5, 0.6) is 0 Å². The molecule has 24 heavy (non-hydrogen) atoms. The summed E-state index contributed by atoms with van der Waals surface area (Å²) < 4.78 is 0. The Bertz CT molecular complexity index is 448. The first-order valence-corrected chi connectivity index (χ1v) is 8.94. The summed E-state index contributed by atoms with van der Waals surface area (Å²) in [5.74, 6) is 0. The summed E-state index contributed by atoms with van der Waals surface area (Å²) in [5, 5.41) is 10.9. The first-order chi connectivity index (χ1) is 11.7. The summed E-state index contributed by atoms with van der Waals surface area (Å²) >= 11 is 0. The smallest absolute Gasteiger partial charge is 0.242 e. The third-order valence-corrected chi connectivity index (χ3v) is 3.50. The van der Waals surface area contributed by atoms with Crippen LogP contribution in [0.1, 0.15) is 71.1 Å². The van der Waals surface area contributed by atoms with Gasteiger partial charge in [0, 0.05) is 12.8 Å². The molecule has 0 radical (unpaired) electrons. The highest BCUT2D eigenvalue weighted by atomic mass is 16.6. The van der Waals surface area contributed by atoms with E-state index in [9.17, 15) is 14.9 Å². The number of hydrogen-bond donors (Lipinski definition) is 0. The minimum Gasteiger partial charge on any atom is -0.303 e. The highest BCUT2D eigenvalue weighted by Gasteiger charge is 2.08. The summed E-state index contributed by atoms with van der Waals surface area (Å²) in [7, 11) is 0. The van der Waals surface area contributed by atoms with Crippen molar-refractivity contribution in [3.05, 3.63) is 58.3 Å². The van der Waals surface area contributed by atoms with Crippen molar-refractivity contribution in [3.63, 3.8) is 0 Å². The Labute approximate surface area is 146 Å². The van der Waals surface area contributed by atoms with Gasteiger partial charge in [0.05, 0.1) is 4.92 Å². The third kappa shape index (κ3) is 14.9. The van der Waals surface area contributed by atoms with Gasteiger partial charge in [0.15, 0.2) is 0 Å². The fourth-order valence-corrected chi connectivity index (χ4v) is 2.11. The average Bonchev–Trinajstić information content (AvgIpc) is 2.57. The number of carbonyl (C=O) groups excluding carboxylic acids is 1. The summed E-state index contributed by atoms with van der Waals surface area (Å²) in [6.07, 6.45) is 23.7. The van der Waals surface area contributed by atoms with Crippen molar-refractivity contribution >= 4 is 6.29 Å². The standard InChI is InChI=1S/C20H31NO3/c1-2-3-4-5-6-7-8-9-10-11-12-13-14-17-20(21(23)24)18-15-16-19-22/h6-7,9-10,12-13,17,19H,2-5,8,11,14-16,18H2,1H3/b7-6-,10-9-,13-12-,20-17+. The van der Waals surface area contributed by atoms with E-state index in [4.69, 9.17) is 0 Å². The Kier molecular flexibility index (Phi) is 16.0. The summed E-state index contributed by atoms with van der Waals surface area (Å²) in [5.41, 5.74) is 0.199. The van der Waals surface area contributed by atoms with Crippen LogP contribution in [-0.4, -0.2) is 11.2 Å². The van der Waals surface area contributed by atoms with Gasteiger partial charge in [-0.05, 0) is 44.6 Å². The molecule has 4 nitrogen and oxygen atoms in total. The molecule has 0 aliphatic rings. The van der Waals surface area contributed by atoms with Gasteiger partial charge in [-0.15, -0.1) is 0 Å². The second kappa shape index (κ2) is 17.4. The van der Waals surface area contributed by atoms with Gasteiger partial charge in [-0.25, -0.2) is 0 Å². The lowest BCUT2D eigenvalue weighted by Crippen LogP contribution is -1.98. The van der Waals surface area contributed by atoms with E-state index in [0.29, 0.717) is 25.7 Å². The lowest BCUT2D eigenvalue weighted by atomic mass is 10.2. The molecule has 134 valence electrons. The van der Waals surface area contributed by atoms with Crippen LogP contribution in [0.15, 0.2) is 48.2 Å². The minimum absolute atomic E-state index is 0.199. The molecule has 0 atom stereocenters. The fraction of sp³-hybridized carbons (Fsp3) is 0.550. The van der Waals surface area contributed by atoms with Crippen molar-refractivity contribution < 1.29 is 9.72 Å². The van der Waals surface area contributed by atoms with Crippen LogP contribution in [-0.2, 0) is 4.79 Å². The quantitative estimate of drug-likeness (QED) is 0.123. The number of allylic oxidation sites excluding steroid dienone is 8. The Morgan fingerprint density at radius 1 is 0.875 bits per heavy atom. The Hall–Kier alpha value is -1.97. The topological polar surface area (TPSA) is 60.2 Å². The van der Waals surface area contributed by atoms with Gasteiger partial charge in [-0.2, -0.15) is 0 Å². The molecule has 0 fully saturated rings. The van der Waals surface area contributed by atoms with Crippen molar-refractivity contribution in [1.29, 1.82) is 0 Å². The summed E-state index contributed by atoms with van der Waals surface area (Å²) in [6.45, 7) is 2.21. The van der Waals surface area contributed by atoms with E-state index in [-0.39, 0.29) is 10.6 Å². The molecular formula is C20H31NO3. The number of carbonyl (C=O) groups is 1. The van der Waals surface area contributed by atoms with Gasteiger partial charge < -0.3 is 4.79 Å². The molecule has 0 heterocycles. The molecule has 4 heteroatoms. The molecule has 0 aliphatic heterocycles. The zero-order chi connectivity index (χ0) is 17.9. The second-order valence-corrected chi connectivity index (χ2v) is 5.63. The maximum atomic E-state index is 10.9. The van der Waals surface area contributed by atoms with E-state index < -0.39 is 0 Å². The maximum Gasteiger partial charge on any atom is 0.242 e. The average molecular weight is 333 g/mol. The van der Waals surface area contributed by atoms with Crippen molar-refractivity contribution in [3.8, 4) is 0 Å². The molecule has 0 N–H and O–H groups in total.